The molecule has 0 amide bonds. The minimum absolute atomic E-state index is 0.00480. The molecule has 2 aromatic heterocycles. The first kappa shape index (κ1) is 17.1. The molecule has 9 nitrogen and oxygen atoms in total. The number of benzene rings is 1. The Hall–Kier alpha value is -3.71. The highest BCUT2D eigenvalue weighted by Crippen LogP contribution is 2.22. The first-order chi connectivity index (χ1) is 12.6. The van der Waals surface area contributed by atoms with E-state index in [9.17, 15) is 9.59 Å². The van der Waals surface area contributed by atoms with Crippen LogP contribution < -0.4 is 32.4 Å². The molecular formula is C16H11N7O2S. The normalized spacial score (nSPS) is 12.0. The van der Waals surface area contributed by atoms with Crippen molar-refractivity contribution in [1.29, 1.82) is 5.26 Å². The van der Waals surface area contributed by atoms with E-state index < -0.39 is 10.9 Å². The maximum absolute atomic E-state index is 12.4. The average Bonchev–Trinajstić information content (AvgIpc) is 3.01. The maximum Gasteiger partial charge on any atom is 0.237 e. The Balaban J connectivity index is 1.98. The molecule has 0 fully saturated rings. The van der Waals surface area contributed by atoms with Crippen LogP contribution in [0.15, 0.2) is 56.5 Å². The summed E-state index contributed by atoms with van der Waals surface area (Å²) in [6, 6.07) is 7.80. The molecule has 0 saturated carbocycles. The number of nitrogens with zero attached hydrogens (tertiary/aromatic N) is 5. The number of anilines is 2. The van der Waals surface area contributed by atoms with E-state index in [1.54, 1.807) is 31.5 Å². The topological polar surface area (TPSA) is 132 Å². The lowest BCUT2D eigenvalue weighted by Crippen LogP contribution is -2.47. The molecular weight excluding hydrogens is 354 g/mol. The zero-order valence-corrected chi connectivity index (χ0v) is 14.2. The van der Waals surface area contributed by atoms with Crippen molar-refractivity contribution in [3.8, 4) is 6.07 Å². The third-order valence-electron chi connectivity index (χ3n) is 3.30. The monoisotopic (exact) mass is 365 g/mol. The van der Waals surface area contributed by atoms with E-state index in [4.69, 9.17) is 5.26 Å². The second-order valence-corrected chi connectivity index (χ2v) is 5.80. The molecule has 1 aromatic carbocycles. The van der Waals surface area contributed by atoms with Crippen LogP contribution >= 0.6 is 11.5 Å². The van der Waals surface area contributed by atoms with Crippen molar-refractivity contribution in [2.24, 2.45) is 10.2 Å². The highest BCUT2D eigenvalue weighted by Gasteiger charge is 2.09. The molecule has 26 heavy (non-hydrogen) atoms. The molecule has 2 heterocycles. The Bertz CT molecular complexity index is 1200. The van der Waals surface area contributed by atoms with Crippen LogP contribution in [0.5, 0.6) is 0 Å². The standard InChI is InChI=1S/C16H11N7O2S/c1-9-11(8-17)16(26-23-9)22-20-12-2-3-13(24)14(15(12)25)21-19-10-4-6-18-7-5-10/h2-7,22H,1H3,(H,18,19)/b20-12+,21-14+. The minimum Gasteiger partial charge on any atom is -0.287 e. The fraction of sp³-hybridized carbons (Fsp3) is 0.0625. The number of rotatable bonds is 4. The molecule has 128 valence electrons. The number of nitrogens with one attached hydrogen (secondary N) is 2. The largest absolute Gasteiger partial charge is 0.287 e. The minimum atomic E-state index is -0.633. The SMILES string of the molecule is Cc1nsc(N/N=c2\ccc(=O)/c(=N\Nc3ccncc3)c2=O)c1C#N. The Morgan fingerprint density at radius 3 is 2.62 bits per heavy atom. The van der Waals surface area contributed by atoms with Gasteiger partial charge in [0.15, 0.2) is 5.36 Å². The Kier molecular flexibility index (Phi) is 4.91. The van der Waals surface area contributed by atoms with Crippen molar-refractivity contribution in [2.75, 3.05) is 10.9 Å². The van der Waals surface area contributed by atoms with Crippen LogP contribution in [0.3, 0.4) is 0 Å². The molecule has 0 atom stereocenters. The average molecular weight is 365 g/mol. The summed E-state index contributed by atoms with van der Waals surface area (Å²) in [4.78, 5) is 28.2. The number of hydrogen-bond acceptors (Lipinski definition) is 10. The molecule has 3 rings (SSSR count). The first-order valence-electron chi connectivity index (χ1n) is 7.31. The molecule has 0 saturated heterocycles. The summed E-state index contributed by atoms with van der Waals surface area (Å²) in [6.45, 7) is 1.70. The number of aryl methyl sites for hydroxylation is 1. The van der Waals surface area contributed by atoms with Gasteiger partial charge in [-0.05, 0) is 42.7 Å². The van der Waals surface area contributed by atoms with Gasteiger partial charge >= 0.3 is 0 Å². The summed E-state index contributed by atoms with van der Waals surface area (Å²) in [5, 5.41) is 17.1. The first-order valence-corrected chi connectivity index (χ1v) is 8.08. The van der Waals surface area contributed by atoms with E-state index in [-0.39, 0.29) is 10.7 Å². The van der Waals surface area contributed by atoms with Gasteiger partial charge in [-0.3, -0.25) is 25.4 Å². The second-order valence-electron chi connectivity index (χ2n) is 5.03. The summed E-state index contributed by atoms with van der Waals surface area (Å²) in [5.74, 6) is 0. The van der Waals surface area contributed by atoms with Gasteiger partial charge in [0.25, 0.3) is 0 Å². The van der Waals surface area contributed by atoms with Gasteiger partial charge in [0.1, 0.15) is 22.0 Å². The number of hydrogen-bond donors (Lipinski definition) is 2. The highest BCUT2D eigenvalue weighted by atomic mass is 32.1. The Morgan fingerprint density at radius 2 is 1.88 bits per heavy atom. The van der Waals surface area contributed by atoms with Gasteiger partial charge in [0.05, 0.1) is 11.4 Å². The van der Waals surface area contributed by atoms with Crippen LogP contribution in [0.2, 0.25) is 0 Å². The lowest BCUT2D eigenvalue weighted by atomic mass is 10.3. The van der Waals surface area contributed by atoms with Crippen LogP contribution in [0, 0.1) is 18.3 Å². The van der Waals surface area contributed by atoms with Crippen molar-refractivity contribution in [3.05, 3.63) is 79.1 Å². The third kappa shape index (κ3) is 3.52. The fourth-order valence-corrected chi connectivity index (χ4v) is 2.66. The summed E-state index contributed by atoms with van der Waals surface area (Å²) in [5.41, 5.74) is 5.64. The van der Waals surface area contributed by atoms with E-state index in [0.29, 0.717) is 21.9 Å². The maximum atomic E-state index is 12.4. The molecule has 0 aliphatic carbocycles. The summed E-state index contributed by atoms with van der Waals surface area (Å²) >= 11 is 1.06. The molecule has 3 aromatic rings. The molecule has 0 bridgehead atoms. The van der Waals surface area contributed by atoms with Crippen molar-refractivity contribution < 1.29 is 0 Å². The van der Waals surface area contributed by atoms with E-state index in [1.165, 1.54) is 12.1 Å². The molecule has 0 unspecified atom stereocenters. The van der Waals surface area contributed by atoms with Crippen LogP contribution in [0.1, 0.15) is 11.3 Å². The van der Waals surface area contributed by atoms with Crippen molar-refractivity contribution in [1.82, 2.24) is 9.36 Å². The lowest BCUT2D eigenvalue weighted by Gasteiger charge is -1.97. The third-order valence-corrected chi connectivity index (χ3v) is 4.15. The smallest absolute Gasteiger partial charge is 0.237 e. The molecule has 10 heteroatoms. The molecule has 0 spiro atoms. The lowest BCUT2D eigenvalue weighted by molar-refractivity contribution is 1.11. The van der Waals surface area contributed by atoms with Gasteiger partial charge in [-0.25, -0.2) is 0 Å². The van der Waals surface area contributed by atoms with E-state index in [1.807, 2.05) is 6.07 Å². The van der Waals surface area contributed by atoms with Gasteiger partial charge in [-0.2, -0.15) is 19.8 Å². The Labute approximate surface area is 150 Å². The van der Waals surface area contributed by atoms with Crippen molar-refractivity contribution >= 4 is 22.2 Å². The zero-order chi connectivity index (χ0) is 18.5. The summed E-state index contributed by atoms with van der Waals surface area (Å²) < 4.78 is 4.05. The number of nitriles is 1. The van der Waals surface area contributed by atoms with E-state index >= 15 is 0 Å². The Morgan fingerprint density at radius 1 is 1.12 bits per heavy atom. The molecule has 0 aliphatic rings. The number of pyridine rings is 1. The predicted octanol–water partition coefficient (Wildman–Crippen LogP) is 0.170. The van der Waals surface area contributed by atoms with Gasteiger partial charge < -0.3 is 0 Å². The zero-order valence-electron chi connectivity index (χ0n) is 13.4. The van der Waals surface area contributed by atoms with Crippen LogP contribution in [0.25, 0.3) is 0 Å². The van der Waals surface area contributed by atoms with E-state index in [0.717, 1.165) is 11.5 Å². The molecule has 0 aliphatic heterocycles. The second kappa shape index (κ2) is 7.45. The van der Waals surface area contributed by atoms with Crippen molar-refractivity contribution in [3.63, 3.8) is 0 Å². The molecule has 2 N–H and O–H groups in total. The van der Waals surface area contributed by atoms with Crippen LogP contribution in [-0.2, 0) is 0 Å². The van der Waals surface area contributed by atoms with Gasteiger partial charge in [0.2, 0.25) is 10.9 Å². The van der Waals surface area contributed by atoms with Gasteiger partial charge in [-0.1, -0.05) is 0 Å². The van der Waals surface area contributed by atoms with Crippen molar-refractivity contribution in [2.45, 2.75) is 6.92 Å². The van der Waals surface area contributed by atoms with Crippen LogP contribution in [0.4, 0.5) is 10.7 Å². The van der Waals surface area contributed by atoms with Crippen LogP contribution in [-0.4, -0.2) is 9.36 Å². The fourth-order valence-electron chi connectivity index (χ4n) is 1.97. The summed E-state index contributed by atoms with van der Waals surface area (Å²) in [6.07, 6.45) is 3.10. The summed E-state index contributed by atoms with van der Waals surface area (Å²) in [7, 11) is 0. The molecule has 0 radical (unpaired) electrons. The highest BCUT2D eigenvalue weighted by molar-refractivity contribution is 7.10. The van der Waals surface area contributed by atoms with E-state index in [2.05, 4.69) is 30.4 Å². The number of aromatic nitrogens is 2. The van der Waals surface area contributed by atoms with Gasteiger partial charge in [0, 0.05) is 12.4 Å². The predicted molar refractivity (Wildman–Crippen MR) is 95.5 cm³/mol. The quantitative estimate of drug-likeness (QED) is 0.630. The van der Waals surface area contributed by atoms with Gasteiger partial charge in [-0.15, -0.1) is 0 Å².